The van der Waals surface area contributed by atoms with E-state index in [0.717, 1.165) is 5.56 Å². The fraction of sp³-hybridized carbons (Fsp3) is 0.318. The van der Waals surface area contributed by atoms with Crippen molar-refractivity contribution in [1.82, 2.24) is 9.55 Å². The van der Waals surface area contributed by atoms with Gasteiger partial charge in [0, 0.05) is 18.8 Å². The van der Waals surface area contributed by atoms with Gasteiger partial charge in [-0.2, -0.15) is 0 Å². The summed E-state index contributed by atoms with van der Waals surface area (Å²) in [4.78, 5) is 29.6. The number of rotatable bonds is 8. The molecule has 0 saturated heterocycles. The molecular formula is C22H25N3O4S. The number of carbonyl (C=O) groups excluding carboxylic acids is 1. The lowest BCUT2D eigenvalue weighted by molar-refractivity contribution is -0.113. The summed E-state index contributed by atoms with van der Waals surface area (Å²) >= 11 is 1.22. The van der Waals surface area contributed by atoms with Crippen LogP contribution in [0.1, 0.15) is 19.4 Å². The molecule has 0 aliphatic heterocycles. The maximum absolute atomic E-state index is 12.6. The normalized spacial score (nSPS) is 10.8. The van der Waals surface area contributed by atoms with Crippen molar-refractivity contribution in [1.29, 1.82) is 0 Å². The molecule has 2 aromatic carbocycles. The van der Waals surface area contributed by atoms with Crippen LogP contribution in [0.15, 0.2) is 46.3 Å². The summed E-state index contributed by atoms with van der Waals surface area (Å²) in [6, 6.07) is 10.8. The zero-order valence-electron chi connectivity index (χ0n) is 17.5. The van der Waals surface area contributed by atoms with Crippen LogP contribution in [-0.2, 0) is 11.8 Å². The third kappa shape index (κ3) is 4.94. The summed E-state index contributed by atoms with van der Waals surface area (Å²) in [6.45, 7) is 6.75. The van der Waals surface area contributed by atoms with Crippen LogP contribution in [0.3, 0.4) is 0 Å². The Kier molecular flexibility index (Phi) is 6.99. The van der Waals surface area contributed by atoms with Gasteiger partial charge in [0.15, 0.2) is 16.7 Å². The minimum atomic E-state index is -0.204. The highest BCUT2D eigenvalue weighted by molar-refractivity contribution is 7.99. The van der Waals surface area contributed by atoms with Gasteiger partial charge in [0.1, 0.15) is 0 Å². The van der Waals surface area contributed by atoms with Crippen LogP contribution in [0.2, 0.25) is 0 Å². The highest BCUT2D eigenvalue weighted by Gasteiger charge is 2.13. The van der Waals surface area contributed by atoms with Gasteiger partial charge in [0.2, 0.25) is 5.91 Å². The van der Waals surface area contributed by atoms with Crippen LogP contribution in [-0.4, -0.2) is 34.4 Å². The van der Waals surface area contributed by atoms with Gasteiger partial charge in [-0.3, -0.25) is 14.2 Å². The van der Waals surface area contributed by atoms with E-state index in [2.05, 4.69) is 10.3 Å². The van der Waals surface area contributed by atoms with Gasteiger partial charge in [-0.15, -0.1) is 0 Å². The summed E-state index contributed by atoms with van der Waals surface area (Å²) in [5, 5.41) is 3.92. The van der Waals surface area contributed by atoms with Crippen molar-refractivity contribution in [2.45, 2.75) is 25.9 Å². The van der Waals surface area contributed by atoms with E-state index in [0.29, 0.717) is 46.5 Å². The number of anilines is 1. The maximum atomic E-state index is 12.6. The van der Waals surface area contributed by atoms with E-state index in [9.17, 15) is 9.59 Å². The van der Waals surface area contributed by atoms with Gasteiger partial charge >= 0.3 is 0 Å². The van der Waals surface area contributed by atoms with E-state index in [4.69, 9.17) is 9.47 Å². The van der Waals surface area contributed by atoms with Crippen molar-refractivity contribution < 1.29 is 14.3 Å². The quantitative estimate of drug-likeness (QED) is 0.435. The lowest BCUT2D eigenvalue weighted by atomic mass is 10.2. The zero-order valence-corrected chi connectivity index (χ0v) is 18.3. The monoisotopic (exact) mass is 427 g/mol. The average molecular weight is 428 g/mol. The SMILES string of the molecule is CCOc1ccc(NC(=O)CSc2nc3ccc(C)cc3c(=O)n2C)cc1OCC. The van der Waals surface area contributed by atoms with Gasteiger partial charge in [-0.05, 0) is 45.0 Å². The lowest BCUT2D eigenvalue weighted by Gasteiger charge is -2.13. The fourth-order valence-corrected chi connectivity index (χ4v) is 3.72. The third-order valence-corrected chi connectivity index (χ3v) is 5.38. The summed E-state index contributed by atoms with van der Waals surface area (Å²) < 4.78 is 12.6. The predicted octanol–water partition coefficient (Wildman–Crippen LogP) is 3.77. The first-order chi connectivity index (χ1) is 14.4. The van der Waals surface area contributed by atoms with E-state index in [-0.39, 0.29) is 17.2 Å². The van der Waals surface area contributed by atoms with Crippen LogP contribution < -0.4 is 20.3 Å². The van der Waals surface area contributed by atoms with Gasteiger partial charge in [0.05, 0.1) is 29.9 Å². The summed E-state index contributed by atoms with van der Waals surface area (Å²) in [6.07, 6.45) is 0. The molecule has 1 amide bonds. The van der Waals surface area contributed by atoms with Crippen LogP contribution in [0.4, 0.5) is 5.69 Å². The van der Waals surface area contributed by atoms with Crippen molar-refractivity contribution >= 4 is 34.3 Å². The van der Waals surface area contributed by atoms with Crippen LogP contribution in [0, 0.1) is 6.92 Å². The second-order valence-corrected chi connectivity index (χ2v) is 7.59. The second-order valence-electron chi connectivity index (χ2n) is 6.64. The number of nitrogens with zero attached hydrogens (tertiary/aromatic N) is 2. The van der Waals surface area contributed by atoms with Crippen LogP contribution in [0.25, 0.3) is 10.9 Å². The van der Waals surface area contributed by atoms with Gasteiger partial charge in [-0.25, -0.2) is 4.98 Å². The van der Waals surface area contributed by atoms with Crippen LogP contribution in [0.5, 0.6) is 11.5 Å². The van der Waals surface area contributed by atoms with E-state index < -0.39 is 0 Å². The molecule has 8 heteroatoms. The summed E-state index contributed by atoms with van der Waals surface area (Å²) in [5.74, 6) is 1.13. The molecule has 3 aromatic rings. The Bertz CT molecular complexity index is 1130. The number of carbonyl (C=O) groups is 1. The third-order valence-electron chi connectivity index (χ3n) is 4.35. The molecule has 158 valence electrons. The highest BCUT2D eigenvalue weighted by Crippen LogP contribution is 2.30. The molecule has 0 saturated carbocycles. The number of aryl methyl sites for hydroxylation is 1. The van der Waals surface area contributed by atoms with Crippen molar-refractivity contribution in [2.24, 2.45) is 7.05 Å². The topological polar surface area (TPSA) is 82.5 Å². The predicted molar refractivity (Wildman–Crippen MR) is 120 cm³/mol. The first-order valence-corrected chi connectivity index (χ1v) is 10.7. The maximum Gasteiger partial charge on any atom is 0.261 e. The van der Waals surface area contributed by atoms with Crippen molar-refractivity contribution in [3.8, 4) is 11.5 Å². The molecule has 0 radical (unpaired) electrons. The molecule has 1 heterocycles. The molecule has 0 fully saturated rings. The van der Waals surface area contributed by atoms with Crippen molar-refractivity contribution in [3.63, 3.8) is 0 Å². The Labute approximate surface area is 179 Å². The fourth-order valence-electron chi connectivity index (χ4n) is 2.95. The molecule has 0 unspecified atom stereocenters. The highest BCUT2D eigenvalue weighted by atomic mass is 32.2. The Morgan fingerprint density at radius 3 is 2.57 bits per heavy atom. The molecular weight excluding hydrogens is 402 g/mol. The number of nitrogens with one attached hydrogen (secondary N) is 1. The Balaban J connectivity index is 1.72. The first-order valence-electron chi connectivity index (χ1n) is 9.72. The molecule has 0 bridgehead atoms. The van der Waals surface area contributed by atoms with Crippen molar-refractivity contribution in [2.75, 3.05) is 24.3 Å². The standard InChI is InChI=1S/C22H25N3O4S/c1-5-28-18-10-8-15(12-19(18)29-6-2)23-20(26)13-30-22-24-17-9-7-14(3)11-16(17)21(27)25(22)4/h7-12H,5-6,13H2,1-4H3,(H,23,26). The smallest absolute Gasteiger partial charge is 0.261 e. The Morgan fingerprint density at radius 2 is 1.83 bits per heavy atom. The molecule has 7 nitrogen and oxygen atoms in total. The number of hydrogen-bond acceptors (Lipinski definition) is 6. The summed E-state index contributed by atoms with van der Waals surface area (Å²) in [5.41, 5.74) is 2.12. The summed E-state index contributed by atoms with van der Waals surface area (Å²) in [7, 11) is 1.66. The minimum Gasteiger partial charge on any atom is -0.490 e. The molecule has 3 rings (SSSR count). The van der Waals surface area contributed by atoms with E-state index >= 15 is 0 Å². The molecule has 0 spiro atoms. The Morgan fingerprint density at radius 1 is 1.10 bits per heavy atom. The average Bonchev–Trinajstić information content (AvgIpc) is 2.72. The number of thioether (sulfide) groups is 1. The van der Waals surface area contributed by atoms with E-state index in [1.165, 1.54) is 16.3 Å². The van der Waals surface area contributed by atoms with E-state index in [1.54, 1.807) is 25.2 Å². The molecule has 30 heavy (non-hydrogen) atoms. The largest absolute Gasteiger partial charge is 0.490 e. The number of fused-ring (bicyclic) bond motifs is 1. The number of ether oxygens (including phenoxy) is 2. The molecule has 1 aromatic heterocycles. The molecule has 0 aliphatic rings. The van der Waals surface area contributed by atoms with E-state index in [1.807, 2.05) is 39.0 Å². The number of benzene rings is 2. The number of amides is 1. The molecule has 0 atom stereocenters. The molecule has 0 aliphatic carbocycles. The van der Waals surface area contributed by atoms with Gasteiger partial charge in [0.25, 0.3) is 5.56 Å². The molecule has 1 N–H and O–H groups in total. The number of aromatic nitrogens is 2. The zero-order chi connectivity index (χ0) is 21.7. The van der Waals surface area contributed by atoms with Gasteiger partial charge in [-0.1, -0.05) is 23.4 Å². The van der Waals surface area contributed by atoms with Crippen molar-refractivity contribution in [3.05, 3.63) is 52.3 Å². The van der Waals surface area contributed by atoms with Gasteiger partial charge < -0.3 is 14.8 Å². The lowest BCUT2D eigenvalue weighted by Crippen LogP contribution is -2.21. The Hall–Kier alpha value is -3.00. The first kappa shape index (κ1) is 21.7. The van der Waals surface area contributed by atoms with Crippen LogP contribution >= 0.6 is 11.8 Å². The second kappa shape index (κ2) is 9.67. The minimum absolute atomic E-state index is 0.120. The number of hydrogen-bond donors (Lipinski definition) is 1.